The van der Waals surface area contributed by atoms with Gasteiger partial charge in [-0.3, -0.25) is 9.05 Å². The van der Waals surface area contributed by atoms with Gasteiger partial charge in [0.2, 0.25) is 0 Å². The van der Waals surface area contributed by atoms with E-state index in [1.807, 2.05) is 0 Å². The fourth-order valence-corrected chi connectivity index (χ4v) is 6.38. The smallest absolute Gasteiger partial charge is 0.302 e. The molecular weight excluding hydrogens is 479 g/mol. The minimum atomic E-state index is -4.06. The monoisotopic (exact) mass is 546 g/mol. The summed E-state index contributed by atoms with van der Waals surface area (Å²) in [7, 11) is -4.06. The molecule has 0 saturated heterocycles. The van der Waals surface area contributed by atoms with Gasteiger partial charge < -0.3 is 4.89 Å². The van der Waals surface area contributed by atoms with Crippen molar-refractivity contribution in [3.05, 3.63) is 0 Å². The number of unbranched alkanes of at least 4 members (excludes halogenated alkanes) is 18. The predicted molar refractivity (Wildman–Crippen MR) is 162 cm³/mol. The van der Waals surface area contributed by atoms with Crippen molar-refractivity contribution in [3.63, 3.8) is 0 Å². The summed E-state index contributed by atoms with van der Waals surface area (Å²) in [5, 5.41) is 0. The predicted octanol–water partition coefficient (Wildman–Crippen LogP) is 12.1. The van der Waals surface area contributed by atoms with E-state index < -0.39 is 7.82 Å². The van der Waals surface area contributed by atoms with Gasteiger partial charge in [0.1, 0.15) is 0 Å². The molecule has 2 atom stereocenters. The van der Waals surface area contributed by atoms with Crippen LogP contribution in [0.15, 0.2) is 0 Å². The Hall–Kier alpha value is 0.110. The molecule has 0 heterocycles. The first-order chi connectivity index (χ1) is 18.0. The molecule has 2 unspecified atom stereocenters. The first-order valence-corrected chi connectivity index (χ1v) is 18.2. The van der Waals surface area contributed by atoms with Crippen LogP contribution in [0.1, 0.15) is 195 Å². The molecule has 0 aromatic carbocycles. The zero-order valence-electron chi connectivity index (χ0n) is 25.7. The molecule has 1 N–H and O–H groups in total. The van der Waals surface area contributed by atoms with E-state index in [0.29, 0.717) is 0 Å². The van der Waals surface area contributed by atoms with Gasteiger partial charge in [-0.1, -0.05) is 169 Å². The third kappa shape index (κ3) is 26.1. The molecule has 37 heavy (non-hydrogen) atoms. The van der Waals surface area contributed by atoms with Gasteiger partial charge in [-0.15, -0.1) is 0 Å². The van der Waals surface area contributed by atoms with Crippen LogP contribution in [0, 0.1) is 0 Å². The molecule has 0 saturated carbocycles. The average Bonchev–Trinajstić information content (AvgIpc) is 2.87. The third-order valence-corrected chi connectivity index (χ3v) is 8.71. The molecule has 0 aliphatic rings. The van der Waals surface area contributed by atoms with Crippen LogP contribution in [0.2, 0.25) is 0 Å². The molecule has 4 nitrogen and oxygen atoms in total. The Morgan fingerprint density at radius 1 is 0.432 bits per heavy atom. The van der Waals surface area contributed by atoms with Gasteiger partial charge in [0.25, 0.3) is 0 Å². The third-order valence-electron chi connectivity index (χ3n) is 7.58. The molecule has 0 radical (unpaired) electrons. The van der Waals surface area contributed by atoms with Gasteiger partial charge in [-0.05, 0) is 25.7 Å². The molecule has 0 amide bonds. The van der Waals surface area contributed by atoms with Crippen LogP contribution >= 0.6 is 7.82 Å². The molecular formula is C32H67O4P. The highest BCUT2D eigenvalue weighted by atomic mass is 31.2. The molecule has 0 aromatic rings. The van der Waals surface area contributed by atoms with Crippen molar-refractivity contribution in [2.75, 3.05) is 0 Å². The maximum absolute atomic E-state index is 13.1. The Kier molecular flexibility index (Phi) is 27.8. The quantitative estimate of drug-likeness (QED) is 0.0719. The van der Waals surface area contributed by atoms with Gasteiger partial charge in [-0.2, -0.15) is 0 Å². The van der Waals surface area contributed by atoms with Crippen molar-refractivity contribution in [3.8, 4) is 0 Å². The molecule has 0 spiro atoms. The minimum Gasteiger partial charge on any atom is -0.302 e. The van der Waals surface area contributed by atoms with Gasteiger partial charge >= 0.3 is 7.82 Å². The van der Waals surface area contributed by atoms with Crippen molar-refractivity contribution in [1.29, 1.82) is 0 Å². The van der Waals surface area contributed by atoms with Crippen LogP contribution in [-0.4, -0.2) is 17.1 Å². The van der Waals surface area contributed by atoms with E-state index in [-0.39, 0.29) is 12.2 Å². The summed E-state index contributed by atoms with van der Waals surface area (Å²) in [5.74, 6) is 0. The second-order valence-electron chi connectivity index (χ2n) is 11.4. The van der Waals surface area contributed by atoms with Gasteiger partial charge in [-0.25, -0.2) is 4.57 Å². The van der Waals surface area contributed by atoms with Crippen molar-refractivity contribution in [2.24, 2.45) is 0 Å². The Bertz CT molecular complexity index is 459. The molecule has 0 aliphatic heterocycles. The van der Waals surface area contributed by atoms with Crippen LogP contribution in [0.5, 0.6) is 0 Å². The Balaban J connectivity index is 4.74. The van der Waals surface area contributed by atoms with Crippen molar-refractivity contribution in [2.45, 2.75) is 207 Å². The van der Waals surface area contributed by atoms with Gasteiger partial charge in [0, 0.05) is 0 Å². The van der Waals surface area contributed by atoms with Crippen LogP contribution in [0.4, 0.5) is 0 Å². The fourth-order valence-electron chi connectivity index (χ4n) is 5.16. The van der Waals surface area contributed by atoms with Crippen LogP contribution in [0.25, 0.3) is 0 Å². The highest BCUT2D eigenvalue weighted by Crippen LogP contribution is 2.48. The van der Waals surface area contributed by atoms with E-state index >= 15 is 0 Å². The molecule has 5 heteroatoms. The molecule has 0 rings (SSSR count). The maximum atomic E-state index is 13.1. The fraction of sp³-hybridized carbons (Fsp3) is 1.00. The lowest BCUT2D eigenvalue weighted by Crippen LogP contribution is -2.17. The Morgan fingerprint density at radius 3 is 0.919 bits per heavy atom. The molecule has 224 valence electrons. The maximum Gasteiger partial charge on any atom is 0.472 e. The Labute approximate surface area is 233 Å². The number of rotatable bonds is 30. The highest BCUT2D eigenvalue weighted by molar-refractivity contribution is 7.47. The van der Waals surface area contributed by atoms with Gasteiger partial charge in [0.05, 0.1) is 12.2 Å². The first kappa shape index (κ1) is 37.1. The number of hydrogen-bond acceptors (Lipinski definition) is 3. The van der Waals surface area contributed by atoms with E-state index in [0.717, 1.165) is 51.4 Å². The lowest BCUT2D eigenvalue weighted by molar-refractivity contribution is 0.0575. The highest BCUT2D eigenvalue weighted by Gasteiger charge is 2.30. The van der Waals surface area contributed by atoms with E-state index in [2.05, 4.69) is 27.7 Å². The number of phosphoric acid groups is 1. The summed E-state index contributed by atoms with van der Waals surface area (Å²) in [5.41, 5.74) is 0. The second kappa shape index (κ2) is 27.7. The normalized spacial score (nSPS) is 15.1. The van der Waals surface area contributed by atoms with Crippen molar-refractivity contribution >= 4 is 7.82 Å². The number of phosphoric ester groups is 1. The summed E-state index contributed by atoms with van der Waals surface area (Å²) >= 11 is 0. The zero-order valence-corrected chi connectivity index (χ0v) is 26.6. The van der Waals surface area contributed by atoms with E-state index in [1.54, 1.807) is 0 Å². The largest absolute Gasteiger partial charge is 0.472 e. The van der Waals surface area contributed by atoms with Crippen LogP contribution in [0.3, 0.4) is 0 Å². The number of hydrogen-bond donors (Lipinski definition) is 1. The summed E-state index contributed by atoms with van der Waals surface area (Å²) < 4.78 is 24.9. The average molecular weight is 547 g/mol. The van der Waals surface area contributed by atoms with Crippen molar-refractivity contribution in [1.82, 2.24) is 0 Å². The summed E-state index contributed by atoms with van der Waals surface area (Å²) in [6.07, 6.45) is 29.9. The summed E-state index contributed by atoms with van der Waals surface area (Å²) in [4.78, 5) is 10.8. The Morgan fingerprint density at radius 2 is 0.649 bits per heavy atom. The van der Waals surface area contributed by atoms with Crippen molar-refractivity contribution < 1.29 is 18.5 Å². The molecule has 0 aliphatic carbocycles. The topological polar surface area (TPSA) is 55.8 Å². The zero-order chi connectivity index (χ0) is 27.5. The second-order valence-corrected chi connectivity index (χ2v) is 12.8. The van der Waals surface area contributed by atoms with E-state index in [1.165, 1.54) is 116 Å². The van der Waals surface area contributed by atoms with Crippen LogP contribution < -0.4 is 0 Å². The van der Waals surface area contributed by atoms with E-state index in [9.17, 15) is 9.46 Å². The summed E-state index contributed by atoms with van der Waals surface area (Å²) in [6, 6.07) is 0. The standard InChI is InChI=1S/C32H67O4P/c1-5-9-13-17-19-21-25-29-31(27-23-15-11-7-3)35-37(33,34)36-32(28-24-16-12-8-4)30-26-22-20-18-14-10-6-2/h31-32H,5-30H2,1-4H3,(H,33,34). The lowest BCUT2D eigenvalue weighted by atomic mass is 10.0. The molecule has 0 bridgehead atoms. The summed E-state index contributed by atoms with van der Waals surface area (Å²) in [6.45, 7) is 8.93. The van der Waals surface area contributed by atoms with Crippen LogP contribution in [-0.2, 0) is 13.6 Å². The van der Waals surface area contributed by atoms with Gasteiger partial charge in [0.15, 0.2) is 0 Å². The lowest BCUT2D eigenvalue weighted by Gasteiger charge is -2.25. The van der Waals surface area contributed by atoms with E-state index in [4.69, 9.17) is 9.05 Å². The minimum absolute atomic E-state index is 0.164. The first-order valence-electron chi connectivity index (χ1n) is 16.7. The SMILES string of the molecule is CCCCCCCCCC(CCCCCC)OP(=O)(O)OC(CCCCCC)CCCCCCCCC. The molecule has 0 aromatic heterocycles. The molecule has 0 fully saturated rings.